The van der Waals surface area contributed by atoms with Gasteiger partial charge in [0.1, 0.15) is 5.52 Å². The second kappa shape index (κ2) is 7.95. The molecule has 1 aromatic heterocycles. The number of nitrogens with zero attached hydrogens (tertiary/aromatic N) is 3. The number of rotatable bonds is 6. The molecule has 0 saturated heterocycles. The Kier molecular flexibility index (Phi) is 5.68. The van der Waals surface area contributed by atoms with Crippen LogP contribution in [0.25, 0.3) is 10.2 Å². The van der Waals surface area contributed by atoms with Crippen LogP contribution in [0.15, 0.2) is 48.5 Å². The van der Waals surface area contributed by atoms with Crippen LogP contribution in [-0.4, -0.2) is 43.0 Å². The van der Waals surface area contributed by atoms with Gasteiger partial charge in [0.2, 0.25) is 0 Å². The van der Waals surface area contributed by atoms with Gasteiger partial charge in [0.05, 0.1) is 9.72 Å². The highest BCUT2D eigenvalue weighted by Gasteiger charge is 2.21. The van der Waals surface area contributed by atoms with Crippen molar-refractivity contribution in [3.63, 3.8) is 0 Å². The number of carbonyl (C=O) groups excluding carboxylic acids is 1. The topological polar surface area (TPSA) is 36.4 Å². The Labute approximate surface area is 156 Å². The molecule has 0 atom stereocenters. The quantitative estimate of drug-likeness (QED) is 0.636. The van der Waals surface area contributed by atoms with Gasteiger partial charge in [-0.25, -0.2) is 4.98 Å². The highest BCUT2D eigenvalue weighted by atomic mass is 35.5. The zero-order valence-electron chi connectivity index (χ0n) is 14.3. The number of carbonyl (C=O) groups is 1. The molecule has 1 amide bonds. The molecule has 0 aliphatic carbocycles. The molecule has 0 aliphatic heterocycles. The van der Waals surface area contributed by atoms with E-state index in [1.807, 2.05) is 62.6 Å². The van der Waals surface area contributed by atoms with Gasteiger partial charge < -0.3 is 4.90 Å². The summed E-state index contributed by atoms with van der Waals surface area (Å²) >= 11 is 7.75. The number of fused-ring (bicyclic) bond motifs is 1. The highest BCUT2D eigenvalue weighted by Crippen LogP contribution is 2.33. The van der Waals surface area contributed by atoms with Crippen LogP contribution < -0.4 is 4.90 Å². The Morgan fingerprint density at radius 2 is 1.84 bits per heavy atom. The molecule has 0 fully saturated rings. The van der Waals surface area contributed by atoms with Gasteiger partial charge in [0.25, 0.3) is 5.91 Å². The number of para-hydroxylation sites is 1. The number of hydrogen-bond acceptors (Lipinski definition) is 4. The molecular weight excluding hydrogens is 354 g/mol. The van der Waals surface area contributed by atoms with Gasteiger partial charge in [-0.15, -0.1) is 0 Å². The summed E-state index contributed by atoms with van der Waals surface area (Å²) in [6, 6.07) is 15.0. The normalized spacial score (nSPS) is 11.2. The summed E-state index contributed by atoms with van der Waals surface area (Å²) in [5.74, 6) is -0.0328. The lowest BCUT2D eigenvalue weighted by Crippen LogP contribution is -2.33. The number of hydrogen-bond donors (Lipinski definition) is 0. The fourth-order valence-electron chi connectivity index (χ4n) is 2.58. The third-order valence-electron chi connectivity index (χ3n) is 3.84. The Bertz CT molecular complexity index is 863. The Morgan fingerprint density at radius 1 is 1.08 bits per heavy atom. The van der Waals surface area contributed by atoms with Crippen molar-refractivity contribution in [1.29, 1.82) is 0 Å². The van der Waals surface area contributed by atoms with Gasteiger partial charge in [-0.1, -0.05) is 47.2 Å². The second-order valence-corrected chi connectivity index (χ2v) is 7.48. The minimum absolute atomic E-state index is 0.0328. The summed E-state index contributed by atoms with van der Waals surface area (Å²) in [5.41, 5.74) is 1.42. The standard InChI is InChI=1S/C19H20ClN3OS/c1-22(2)12-7-13-23(18(24)14-8-4-3-5-9-14)19-21-17-15(20)10-6-11-16(17)25-19/h3-6,8-11H,7,12-13H2,1-2H3. The van der Waals surface area contributed by atoms with E-state index >= 15 is 0 Å². The van der Waals surface area contributed by atoms with Crippen molar-refractivity contribution in [2.45, 2.75) is 6.42 Å². The third-order valence-corrected chi connectivity index (χ3v) is 5.19. The van der Waals surface area contributed by atoms with Gasteiger partial charge >= 0.3 is 0 Å². The van der Waals surface area contributed by atoms with Crippen LogP contribution in [0.2, 0.25) is 5.02 Å². The SMILES string of the molecule is CN(C)CCCN(C(=O)c1ccccc1)c1nc2c(Cl)cccc2s1. The molecule has 1 heterocycles. The number of halogens is 1. The van der Waals surface area contributed by atoms with Gasteiger partial charge in [-0.05, 0) is 51.3 Å². The lowest BCUT2D eigenvalue weighted by atomic mass is 10.2. The van der Waals surface area contributed by atoms with Crippen LogP contribution in [0.3, 0.4) is 0 Å². The number of amides is 1. The molecule has 0 radical (unpaired) electrons. The predicted molar refractivity (Wildman–Crippen MR) is 106 cm³/mol. The first kappa shape index (κ1) is 17.9. The van der Waals surface area contributed by atoms with Gasteiger partial charge in [0.15, 0.2) is 5.13 Å². The van der Waals surface area contributed by atoms with Crippen molar-refractivity contribution < 1.29 is 4.79 Å². The van der Waals surface area contributed by atoms with E-state index in [1.54, 1.807) is 4.90 Å². The fraction of sp³-hybridized carbons (Fsp3) is 0.263. The Balaban J connectivity index is 1.94. The Morgan fingerprint density at radius 3 is 2.52 bits per heavy atom. The first-order valence-electron chi connectivity index (χ1n) is 8.13. The maximum Gasteiger partial charge on any atom is 0.260 e. The fourth-order valence-corrected chi connectivity index (χ4v) is 3.87. The molecule has 0 unspecified atom stereocenters. The number of aromatic nitrogens is 1. The van der Waals surface area contributed by atoms with Crippen molar-refractivity contribution in [3.05, 3.63) is 59.1 Å². The molecule has 2 aromatic carbocycles. The molecule has 0 N–H and O–H groups in total. The number of benzene rings is 2. The summed E-state index contributed by atoms with van der Waals surface area (Å²) in [6.07, 6.45) is 0.870. The minimum Gasteiger partial charge on any atom is -0.309 e. The van der Waals surface area contributed by atoms with Crippen molar-refractivity contribution in [2.24, 2.45) is 0 Å². The summed E-state index contributed by atoms with van der Waals surface area (Å²) in [5, 5.41) is 1.30. The van der Waals surface area contributed by atoms with Gasteiger partial charge in [0, 0.05) is 12.1 Å². The molecule has 25 heavy (non-hydrogen) atoms. The monoisotopic (exact) mass is 373 g/mol. The van der Waals surface area contributed by atoms with Crippen molar-refractivity contribution >= 4 is 44.2 Å². The largest absolute Gasteiger partial charge is 0.309 e. The maximum absolute atomic E-state index is 13.0. The van der Waals surface area contributed by atoms with Crippen LogP contribution in [0, 0.1) is 0 Å². The molecule has 3 aromatic rings. The lowest BCUT2D eigenvalue weighted by molar-refractivity contribution is 0.0986. The second-order valence-electron chi connectivity index (χ2n) is 6.06. The Hall–Kier alpha value is -1.95. The van der Waals surface area contributed by atoms with E-state index in [0.29, 0.717) is 22.3 Å². The highest BCUT2D eigenvalue weighted by molar-refractivity contribution is 7.22. The number of thiazole rings is 1. The molecular formula is C19H20ClN3OS. The zero-order chi connectivity index (χ0) is 17.8. The first-order valence-corrected chi connectivity index (χ1v) is 9.32. The molecule has 0 aliphatic rings. The van der Waals surface area contributed by atoms with E-state index in [9.17, 15) is 4.79 Å². The summed E-state index contributed by atoms with van der Waals surface area (Å²) in [4.78, 5) is 21.5. The smallest absolute Gasteiger partial charge is 0.260 e. The first-order chi connectivity index (χ1) is 12.1. The van der Waals surface area contributed by atoms with Crippen LogP contribution >= 0.6 is 22.9 Å². The van der Waals surface area contributed by atoms with E-state index in [-0.39, 0.29) is 5.91 Å². The zero-order valence-corrected chi connectivity index (χ0v) is 15.8. The van der Waals surface area contributed by atoms with Crippen molar-refractivity contribution in [2.75, 3.05) is 32.1 Å². The maximum atomic E-state index is 13.0. The summed E-state index contributed by atoms with van der Waals surface area (Å²) < 4.78 is 0.987. The van der Waals surface area contributed by atoms with Crippen LogP contribution in [0.5, 0.6) is 0 Å². The van der Waals surface area contributed by atoms with E-state index in [0.717, 1.165) is 23.2 Å². The predicted octanol–water partition coefficient (Wildman–Crippen LogP) is 4.55. The van der Waals surface area contributed by atoms with Crippen molar-refractivity contribution in [3.8, 4) is 0 Å². The molecule has 130 valence electrons. The summed E-state index contributed by atoms with van der Waals surface area (Å²) in [7, 11) is 4.06. The molecule has 0 bridgehead atoms. The van der Waals surface area contributed by atoms with Gasteiger partial charge in [-0.2, -0.15) is 0 Å². The lowest BCUT2D eigenvalue weighted by Gasteiger charge is -2.21. The molecule has 0 saturated carbocycles. The van der Waals surface area contributed by atoms with Crippen molar-refractivity contribution in [1.82, 2.24) is 9.88 Å². The molecule has 0 spiro atoms. The van der Waals surface area contributed by atoms with E-state index < -0.39 is 0 Å². The summed E-state index contributed by atoms with van der Waals surface area (Å²) in [6.45, 7) is 1.52. The van der Waals surface area contributed by atoms with E-state index in [2.05, 4.69) is 9.88 Å². The average Bonchev–Trinajstić information content (AvgIpc) is 3.04. The third kappa shape index (κ3) is 4.18. The van der Waals surface area contributed by atoms with E-state index in [1.165, 1.54) is 11.3 Å². The van der Waals surface area contributed by atoms with Crippen LogP contribution in [-0.2, 0) is 0 Å². The minimum atomic E-state index is -0.0328. The van der Waals surface area contributed by atoms with Gasteiger partial charge in [-0.3, -0.25) is 9.69 Å². The van der Waals surface area contributed by atoms with Crippen LogP contribution in [0.1, 0.15) is 16.8 Å². The van der Waals surface area contributed by atoms with E-state index in [4.69, 9.17) is 11.6 Å². The molecule has 3 rings (SSSR count). The number of anilines is 1. The average molecular weight is 374 g/mol. The molecule has 4 nitrogen and oxygen atoms in total. The molecule has 6 heteroatoms. The van der Waals surface area contributed by atoms with Crippen LogP contribution in [0.4, 0.5) is 5.13 Å².